The van der Waals surface area contributed by atoms with E-state index in [0.29, 0.717) is 6.54 Å². The van der Waals surface area contributed by atoms with Crippen molar-refractivity contribution in [2.45, 2.75) is 25.5 Å². The Morgan fingerprint density at radius 1 is 1.35 bits per heavy atom. The predicted octanol–water partition coefficient (Wildman–Crippen LogP) is 0.717. The summed E-state index contributed by atoms with van der Waals surface area (Å²) >= 11 is 0. The molecule has 8 heteroatoms. The van der Waals surface area contributed by atoms with Crippen molar-refractivity contribution < 1.29 is 17.6 Å². The van der Waals surface area contributed by atoms with Crippen LogP contribution in [0.25, 0.3) is 0 Å². The van der Waals surface area contributed by atoms with Gasteiger partial charge in [0.05, 0.1) is 19.5 Å². The van der Waals surface area contributed by atoms with Gasteiger partial charge < -0.3 is 14.1 Å². The summed E-state index contributed by atoms with van der Waals surface area (Å²) in [6.45, 7) is 10.6. The summed E-state index contributed by atoms with van der Waals surface area (Å²) in [5.74, 6) is 0. The minimum absolute atomic E-state index is 0.124. The molecule has 1 aromatic heterocycles. The van der Waals surface area contributed by atoms with E-state index >= 15 is 0 Å². The zero-order valence-electron chi connectivity index (χ0n) is 14.1. The third-order valence-electron chi connectivity index (χ3n) is 3.82. The zero-order valence-corrected chi connectivity index (χ0v) is 14.9. The molecule has 0 spiro atoms. The maximum atomic E-state index is 11.2. The highest BCUT2D eigenvalue weighted by atomic mass is 32.2. The Kier molecular flexibility index (Phi) is 5.85. The molecule has 2 heterocycles. The molecule has 1 fully saturated rings. The summed E-state index contributed by atoms with van der Waals surface area (Å²) in [6.07, 6.45) is 1.45. The second-order valence-electron chi connectivity index (χ2n) is 7.04. The molecule has 0 saturated carbocycles. The Morgan fingerprint density at radius 2 is 2.00 bits per heavy atom. The SMILES string of the molecule is CN(Cc1coc(S(N)(=O)=O)c1)CC(C)(C)CN1CCOCC1. The fourth-order valence-electron chi connectivity index (χ4n) is 3.10. The van der Waals surface area contributed by atoms with Crippen LogP contribution < -0.4 is 5.14 Å². The molecule has 1 aliphatic rings. The zero-order chi connectivity index (χ0) is 17.1. The number of hydrogen-bond donors (Lipinski definition) is 1. The summed E-state index contributed by atoms with van der Waals surface area (Å²) in [4.78, 5) is 4.59. The summed E-state index contributed by atoms with van der Waals surface area (Å²) in [5, 5.41) is 4.87. The van der Waals surface area contributed by atoms with Crippen molar-refractivity contribution in [3.05, 3.63) is 17.9 Å². The molecule has 0 aromatic carbocycles. The molecular formula is C15H27N3O4S. The molecule has 0 amide bonds. The quantitative estimate of drug-likeness (QED) is 0.783. The van der Waals surface area contributed by atoms with Crippen molar-refractivity contribution in [3.63, 3.8) is 0 Å². The summed E-state index contributed by atoms with van der Waals surface area (Å²) in [6, 6.07) is 1.49. The lowest BCUT2D eigenvalue weighted by Gasteiger charge is -2.37. The Bertz CT molecular complexity index is 606. The fraction of sp³-hybridized carbons (Fsp3) is 0.733. The van der Waals surface area contributed by atoms with Crippen LogP contribution in [-0.4, -0.2) is 64.7 Å². The minimum atomic E-state index is -3.78. The van der Waals surface area contributed by atoms with Gasteiger partial charge in [-0.3, -0.25) is 4.90 Å². The van der Waals surface area contributed by atoms with E-state index in [0.717, 1.165) is 45.0 Å². The first-order valence-corrected chi connectivity index (χ1v) is 9.29. The number of hydrogen-bond acceptors (Lipinski definition) is 6. The van der Waals surface area contributed by atoms with Crippen molar-refractivity contribution in [3.8, 4) is 0 Å². The molecular weight excluding hydrogens is 318 g/mol. The molecule has 23 heavy (non-hydrogen) atoms. The first-order valence-electron chi connectivity index (χ1n) is 7.75. The molecule has 1 aromatic rings. The number of nitrogens with two attached hydrogens (primary N) is 1. The molecule has 0 atom stereocenters. The van der Waals surface area contributed by atoms with Crippen LogP contribution >= 0.6 is 0 Å². The Morgan fingerprint density at radius 3 is 2.57 bits per heavy atom. The van der Waals surface area contributed by atoms with Crippen molar-refractivity contribution in [1.29, 1.82) is 0 Å². The number of morpholine rings is 1. The molecule has 0 bridgehead atoms. The maximum absolute atomic E-state index is 11.2. The van der Waals surface area contributed by atoms with Crippen LogP contribution in [0.5, 0.6) is 0 Å². The number of nitrogens with zero attached hydrogens (tertiary/aromatic N) is 2. The van der Waals surface area contributed by atoms with Crippen LogP contribution in [0, 0.1) is 5.41 Å². The maximum Gasteiger partial charge on any atom is 0.271 e. The number of sulfonamides is 1. The monoisotopic (exact) mass is 345 g/mol. The van der Waals surface area contributed by atoms with Gasteiger partial charge in [0.2, 0.25) is 5.09 Å². The lowest BCUT2D eigenvalue weighted by atomic mass is 9.91. The van der Waals surface area contributed by atoms with E-state index in [1.165, 1.54) is 12.3 Å². The average molecular weight is 345 g/mol. The third-order valence-corrected chi connectivity index (χ3v) is 4.59. The van der Waals surface area contributed by atoms with Gasteiger partial charge in [-0.15, -0.1) is 0 Å². The third kappa shape index (κ3) is 5.89. The molecule has 2 N–H and O–H groups in total. The van der Waals surface area contributed by atoms with E-state index in [9.17, 15) is 8.42 Å². The summed E-state index contributed by atoms with van der Waals surface area (Å²) in [5.41, 5.74) is 0.928. The average Bonchev–Trinajstić information content (AvgIpc) is 2.86. The first kappa shape index (κ1) is 18.4. The lowest BCUT2D eigenvalue weighted by Crippen LogP contribution is -2.45. The molecule has 1 saturated heterocycles. The van der Waals surface area contributed by atoms with Gasteiger partial charge in [-0.1, -0.05) is 13.8 Å². The highest BCUT2D eigenvalue weighted by Crippen LogP contribution is 2.21. The summed E-state index contributed by atoms with van der Waals surface area (Å²) in [7, 11) is -1.76. The van der Waals surface area contributed by atoms with Gasteiger partial charge in [0.15, 0.2) is 0 Å². The molecule has 1 aliphatic heterocycles. The van der Waals surface area contributed by atoms with E-state index in [1.54, 1.807) is 0 Å². The van der Waals surface area contributed by atoms with E-state index < -0.39 is 10.0 Å². The van der Waals surface area contributed by atoms with Crippen molar-refractivity contribution in [2.75, 3.05) is 46.4 Å². The Labute approximate surface area is 138 Å². The molecule has 2 rings (SSSR count). The Hall–Kier alpha value is -0.930. The van der Waals surface area contributed by atoms with Crippen LogP contribution in [0.2, 0.25) is 0 Å². The standard InChI is InChI=1S/C15H27N3O4S/c1-15(2,12-18-4-6-21-7-5-18)11-17(3)9-13-8-14(22-10-13)23(16,19)20/h8,10H,4-7,9,11-12H2,1-3H3,(H2,16,19,20). The smallest absolute Gasteiger partial charge is 0.271 e. The van der Waals surface area contributed by atoms with Crippen molar-refractivity contribution in [1.82, 2.24) is 9.80 Å². The molecule has 0 unspecified atom stereocenters. The van der Waals surface area contributed by atoms with Crippen LogP contribution in [-0.2, 0) is 21.3 Å². The molecule has 132 valence electrons. The van der Waals surface area contributed by atoms with Gasteiger partial charge in [-0.05, 0) is 12.5 Å². The van der Waals surface area contributed by atoms with E-state index in [1.807, 2.05) is 7.05 Å². The predicted molar refractivity (Wildman–Crippen MR) is 87.5 cm³/mol. The van der Waals surface area contributed by atoms with Crippen molar-refractivity contribution in [2.24, 2.45) is 10.6 Å². The van der Waals surface area contributed by atoms with Crippen LogP contribution in [0.15, 0.2) is 21.8 Å². The fourth-order valence-corrected chi connectivity index (χ4v) is 3.60. The van der Waals surface area contributed by atoms with Gasteiger partial charge in [0, 0.05) is 44.4 Å². The highest BCUT2D eigenvalue weighted by Gasteiger charge is 2.25. The van der Waals surface area contributed by atoms with E-state index in [4.69, 9.17) is 14.3 Å². The minimum Gasteiger partial charge on any atom is -0.451 e. The number of primary sulfonamides is 1. The second-order valence-corrected chi connectivity index (χ2v) is 8.54. The lowest BCUT2D eigenvalue weighted by molar-refractivity contribution is 0.0161. The first-order chi connectivity index (χ1) is 10.7. The van der Waals surface area contributed by atoms with Gasteiger partial charge in [-0.25, -0.2) is 13.6 Å². The van der Waals surface area contributed by atoms with Gasteiger partial charge in [0.1, 0.15) is 0 Å². The van der Waals surface area contributed by atoms with E-state index in [-0.39, 0.29) is 10.5 Å². The van der Waals surface area contributed by atoms with Crippen LogP contribution in [0.3, 0.4) is 0 Å². The number of ether oxygens (including phenoxy) is 1. The van der Waals surface area contributed by atoms with Crippen LogP contribution in [0.1, 0.15) is 19.4 Å². The highest BCUT2D eigenvalue weighted by molar-refractivity contribution is 7.89. The Balaban J connectivity index is 1.87. The number of rotatable bonds is 7. The largest absolute Gasteiger partial charge is 0.451 e. The molecule has 0 radical (unpaired) electrons. The van der Waals surface area contributed by atoms with Gasteiger partial charge in [-0.2, -0.15) is 0 Å². The number of furan rings is 1. The van der Waals surface area contributed by atoms with Gasteiger partial charge in [0.25, 0.3) is 10.0 Å². The summed E-state index contributed by atoms with van der Waals surface area (Å²) < 4.78 is 32.9. The topological polar surface area (TPSA) is 89.0 Å². The second kappa shape index (κ2) is 7.31. The van der Waals surface area contributed by atoms with Crippen LogP contribution in [0.4, 0.5) is 0 Å². The normalized spacial score (nSPS) is 17.8. The molecule has 7 nitrogen and oxygen atoms in total. The van der Waals surface area contributed by atoms with Crippen molar-refractivity contribution >= 4 is 10.0 Å². The van der Waals surface area contributed by atoms with Gasteiger partial charge >= 0.3 is 0 Å². The van der Waals surface area contributed by atoms with E-state index in [2.05, 4.69) is 23.6 Å². The molecule has 0 aliphatic carbocycles.